The van der Waals surface area contributed by atoms with E-state index in [1.165, 1.54) is 11.3 Å². The second-order valence-corrected chi connectivity index (χ2v) is 6.75. The Balaban J connectivity index is 1.76. The summed E-state index contributed by atoms with van der Waals surface area (Å²) in [5.41, 5.74) is 3.29. The zero-order valence-electron chi connectivity index (χ0n) is 13.8. The van der Waals surface area contributed by atoms with Gasteiger partial charge in [0.1, 0.15) is 4.88 Å². The van der Waals surface area contributed by atoms with Crippen LogP contribution in [-0.4, -0.2) is 28.3 Å². The third-order valence-electron chi connectivity index (χ3n) is 3.91. The number of aromatic nitrogens is 2. The molecule has 124 valence electrons. The maximum Gasteiger partial charge on any atom is 0.350 e. The number of nitrogens with zero attached hydrogens (tertiary/aromatic N) is 1. The van der Waals surface area contributed by atoms with E-state index in [1.54, 1.807) is 13.1 Å². The van der Waals surface area contributed by atoms with Crippen LogP contribution in [-0.2, 0) is 11.2 Å². The van der Waals surface area contributed by atoms with Crippen molar-refractivity contribution in [2.24, 2.45) is 0 Å². The first-order valence-electron chi connectivity index (χ1n) is 7.74. The van der Waals surface area contributed by atoms with E-state index < -0.39 is 5.97 Å². The first-order valence-corrected chi connectivity index (χ1v) is 8.56. The van der Waals surface area contributed by atoms with Gasteiger partial charge in [0.15, 0.2) is 6.61 Å². The average Bonchev–Trinajstić information content (AvgIpc) is 3.15. The van der Waals surface area contributed by atoms with Gasteiger partial charge in [-0.2, -0.15) is 0 Å². The number of aryl methyl sites for hydroxylation is 3. The minimum atomic E-state index is -0.500. The number of benzene rings is 1. The molecule has 0 unspecified atom stereocenters. The molecule has 0 atom stereocenters. The van der Waals surface area contributed by atoms with Gasteiger partial charge in [0.2, 0.25) is 5.78 Å². The SMILES string of the molecule is CCc1cccc2c(C(=O)COC(=O)c3sc(C)nc3C)c[nH]c12. The highest BCUT2D eigenvalue weighted by molar-refractivity contribution is 7.13. The number of thiazole rings is 1. The lowest BCUT2D eigenvalue weighted by Crippen LogP contribution is -2.14. The predicted molar refractivity (Wildman–Crippen MR) is 93.9 cm³/mol. The smallest absolute Gasteiger partial charge is 0.350 e. The summed E-state index contributed by atoms with van der Waals surface area (Å²) in [5, 5.41) is 1.66. The van der Waals surface area contributed by atoms with Crippen LogP contribution < -0.4 is 0 Å². The Labute approximate surface area is 143 Å². The summed E-state index contributed by atoms with van der Waals surface area (Å²) in [5.74, 6) is -0.720. The van der Waals surface area contributed by atoms with Crippen molar-refractivity contribution in [3.8, 4) is 0 Å². The molecule has 0 aliphatic rings. The van der Waals surface area contributed by atoms with Crippen molar-refractivity contribution in [3.05, 3.63) is 51.1 Å². The number of fused-ring (bicyclic) bond motifs is 1. The molecule has 0 aliphatic heterocycles. The van der Waals surface area contributed by atoms with E-state index in [9.17, 15) is 9.59 Å². The molecule has 5 nitrogen and oxygen atoms in total. The largest absolute Gasteiger partial charge is 0.453 e. The molecule has 3 aromatic rings. The number of ketones is 1. The van der Waals surface area contributed by atoms with E-state index in [-0.39, 0.29) is 12.4 Å². The van der Waals surface area contributed by atoms with Gasteiger partial charge in [0.25, 0.3) is 0 Å². The molecule has 2 aromatic heterocycles. The molecular weight excluding hydrogens is 324 g/mol. The van der Waals surface area contributed by atoms with Crippen LogP contribution >= 0.6 is 11.3 Å². The lowest BCUT2D eigenvalue weighted by molar-refractivity contribution is 0.0479. The fourth-order valence-corrected chi connectivity index (χ4v) is 3.55. The number of para-hydroxylation sites is 1. The van der Waals surface area contributed by atoms with Gasteiger partial charge in [-0.15, -0.1) is 11.3 Å². The molecule has 6 heteroatoms. The fraction of sp³-hybridized carbons (Fsp3) is 0.278. The molecule has 0 saturated heterocycles. The van der Waals surface area contributed by atoms with Crippen molar-refractivity contribution >= 4 is 34.0 Å². The second kappa shape index (κ2) is 6.57. The first kappa shape index (κ1) is 16.4. The van der Waals surface area contributed by atoms with Gasteiger partial charge >= 0.3 is 5.97 Å². The predicted octanol–water partition coefficient (Wildman–Crippen LogP) is 3.84. The van der Waals surface area contributed by atoms with E-state index in [0.29, 0.717) is 16.1 Å². The van der Waals surface area contributed by atoms with Crippen LogP contribution in [0, 0.1) is 13.8 Å². The van der Waals surface area contributed by atoms with Crippen LogP contribution in [0.2, 0.25) is 0 Å². The van der Waals surface area contributed by atoms with Crippen LogP contribution in [0.15, 0.2) is 24.4 Å². The number of hydrogen-bond acceptors (Lipinski definition) is 5. The van der Waals surface area contributed by atoms with Crippen molar-refractivity contribution in [2.45, 2.75) is 27.2 Å². The lowest BCUT2D eigenvalue weighted by Gasteiger charge is -2.03. The van der Waals surface area contributed by atoms with Crippen LogP contribution in [0.3, 0.4) is 0 Å². The Morgan fingerprint density at radius 3 is 2.75 bits per heavy atom. The van der Waals surface area contributed by atoms with Crippen molar-refractivity contribution in [1.29, 1.82) is 0 Å². The lowest BCUT2D eigenvalue weighted by atomic mass is 10.1. The number of Topliss-reactive ketones (excluding diaryl/α,β-unsaturated/α-hetero) is 1. The Bertz CT molecular complexity index is 924. The van der Waals surface area contributed by atoms with Gasteiger partial charge in [-0.05, 0) is 25.8 Å². The number of ether oxygens (including phenoxy) is 1. The van der Waals surface area contributed by atoms with E-state index >= 15 is 0 Å². The summed E-state index contributed by atoms with van der Waals surface area (Å²) in [6.45, 7) is 5.38. The maximum absolute atomic E-state index is 12.4. The van der Waals surface area contributed by atoms with E-state index in [1.807, 2.05) is 25.1 Å². The molecule has 1 aromatic carbocycles. The highest BCUT2D eigenvalue weighted by Crippen LogP contribution is 2.23. The molecule has 3 rings (SSSR count). The van der Waals surface area contributed by atoms with Crippen LogP contribution in [0.5, 0.6) is 0 Å². The molecule has 0 amide bonds. The van der Waals surface area contributed by atoms with Crippen LogP contribution in [0.1, 0.15) is 43.2 Å². The number of esters is 1. The molecule has 1 N–H and O–H groups in total. The van der Waals surface area contributed by atoms with Crippen LogP contribution in [0.25, 0.3) is 10.9 Å². The van der Waals surface area contributed by atoms with Gasteiger partial charge in [0, 0.05) is 22.7 Å². The fourth-order valence-electron chi connectivity index (χ4n) is 2.74. The molecule has 0 bridgehead atoms. The Morgan fingerprint density at radius 1 is 1.29 bits per heavy atom. The maximum atomic E-state index is 12.4. The molecule has 0 spiro atoms. The zero-order chi connectivity index (χ0) is 17.3. The van der Waals surface area contributed by atoms with Gasteiger partial charge < -0.3 is 9.72 Å². The number of nitrogens with one attached hydrogen (secondary N) is 1. The van der Waals surface area contributed by atoms with Gasteiger partial charge in [-0.25, -0.2) is 9.78 Å². The minimum Gasteiger partial charge on any atom is -0.453 e. The van der Waals surface area contributed by atoms with Gasteiger partial charge in [-0.3, -0.25) is 4.79 Å². The highest BCUT2D eigenvalue weighted by Gasteiger charge is 2.19. The monoisotopic (exact) mass is 342 g/mol. The normalized spacial score (nSPS) is 11.0. The molecule has 0 radical (unpaired) electrons. The molecule has 0 fully saturated rings. The third kappa shape index (κ3) is 2.97. The van der Waals surface area contributed by atoms with Crippen molar-refractivity contribution in [2.75, 3.05) is 6.61 Å². The van der Waals surface area contributed by atoms with Gasteiger partial charge in [0.05, 0.1) is 10.7 Å². The van der Waals surface area contributed by atoms with Crippen molar-refractivity contribution in [3.63, 3.8) is 0 Å². The van der Waals surface area contributed by atoms with Crippen LogP contribution in [0.4, 0.5) is 0 Å². The molecule has 0 saturated carbocycles. The second-order valence-electron chi connectivity index (χ2n) is 5.54. The third-order valence-corrected chi connectivity index (χ3v) is 4.96. The first-order chi connectivity index (χ1) is 11.5. The summed E-state index contributed by atoms with van der Waals surface area (Å²) in [7, 11) is 0. The summed E-state index contributed by atoms with van der Waals surface area (Å²) in [4.78, 5) is 32.3. The Morgan fingerprint density at radius 2 is 2.08 bits per heavy atom. The number of hydrogen-bond donors (Lipinski definition) is 1. The van der Waals surface area contributed by atoms with E-state index in [0.717, 1.165) is 27.9 Å². The zero-order valence-corrected chi connectivity index (χ0v) is 14.6. The Hall–Kier alpha value is -2.47. The minimum absolute atomic E-state index is 0.221. The van der Waals surface area contributed by atoms with Crippen molar-refractivity contribution < 1.29 is 14.3 Å². The quantitative estimate of drug-likeness (QED) is 0.565. The number of H-pyrrole nitrogens is 1. The van der Waals surface area contributed by atoms with E-state index in [4.69, 9.17) is 4.74 Å². The molecule has 24 heavy (non-hydrogen) atoms. The standard InChI is InChI=1S/C18H18N2O3S/c1-4-12-6-5-7-13-14(8-19-16(12)13)15(21)9-23-18(22)17-10(2)20-11(3)24-17/h5-8,19H,4,9H2,1-3H3. The molecule has 2 heterocycles. The molecular formula is C18H18N2O3S. The Kier molecular flexibility index (Phi) is 4.49. The number of rotatable bonds is 5. The number of carbonyl (C=O) groups excluding carboxylic acids is 2. The topological polar surface area (TPSA) is 72.1 Å². The highest BCUT2D eigenvalue weighted by atomic mass is 32.1. The summed E-state index contributed by atoms with van der Waals surface area (Å²) in [6, 6.07) is 5.86. The summed E-state index contributed by atoms with van der Waals surface area (Å²) in [6.07, 6.45) is 2.56. The van der Waals surface area contributed by atoms with E-state index in [2.05, 4.69) is 16.9 Å². The average molecular weight is 342 g/mol. The number of aromatic amines is 1. The van der Waals surface area contributed by atoms with Crippen molar-refractivity contribution in [1.82, 2.24) is 9.97 Å². The van der Waals surface area contributed by atoms with Gasteiger partial charge in [-0.1, -0.05) is 25.1 Å². The molecule has 0 aliphatic carbocycles. The number of carbonyl (C=O) groups is 2. The summed E-state index contributed by atoms with van der Waals surface area (Å²) >= 11 is 1.28. The summed E-state index contributed by atoms with van der Waals surface area (Å²) < 4.78 is 5.18.